The number of rotatable bonds is 4. The smallest absolute Gasteiger partial charge is 0.228 e. The standard InChI is InChI=1S/C11H21NO/c1-6-8-12(9-7-2)10(13)11(3,4)5/h6H,1,7-9H2,2-5H3. The number of hydrogen-bond acceptors (Lipinski definition) is 1. The first-order valence-corrected chi connectivity index (χ1v) is 4.83. The van der Waals surface area contributed by atoms with E-state index >= 15 is 0 Å². The largest absolute Gasteiger partial charge is 0.339 e. The molecule has 0 fully saturated rings. The fourth-order valence-corrected chi connectivity index (χ4v) is 1.18. The minimum atomic E-state index is -0.280. The highest BCUT2D eigenvalue weighted by atomic mass is 16.2. The van der Waals surface area contributed by atoms with E-state index in [4.69, 9.17) is 0 Å². The van der Waals surface area contributed by atoms with Crippen molar-refractivity contribution < 1.29 is 4.79 Å². The fourth-order valence-electron chi connectivity index (χ4n) is 1.18. The van der Waals surface area contributed by atoms with E-state index in [9.17, 15) is 4.79 Å². The van der Waals surface area contributed by atoms with Crippen LogP contribution in [0.15, 0.2) is 12.7 Å². The molecule has 0 radical (unpaired) electrons. The number of hydrogen-bond donors (Lipinski definition) is 0. The molecule has 0 aliphatic carbocycles. The Kier molecular flexibility index (Phi) is 4.74. The lowest BCUT2D eigenvalue weighted by Crippen LogP contribution is -2.39. The molecule has 0 spiro atoms. The van der Waals surface area contributed by atoms with E-state index in [1.165, 1.54) is 0 Å². The normalized spacial score (nSPS) is 11.1. The van der Waals surface area contributed by atoms with Crippen molar-refractivity contribution in [2.24, 2.45) is 5.41 Å². The van der Waals surface area contributed by atoms with Crippen molar-refractivity contribution in [2.45, 2.75) is 34.1 Å². The lowest BCUT2D eigenvalue weighted by atomic mass is 9.94. The summed E-state index contributed by atoms with van der Waals surface area (Å²) in [4.78, 5) is 13.7. The van der Waals surface area contributed by atoms with Gasteiger partial charge in [0.25, 0.3) is 0 Å². The van der Waals surface area contributed by atoms with Gasteiger partial charge in [0, 0.05) is 18.5 Å². The molecule has 0 rings (SSSR count). The van der Waals surface area contributed by atoms with E-state index in [1.54, 1.807) is 6.08 Å². The summed E-state index contributed by atoms with van der Waals surface area (Å²) in [6, 6.07) is 0. The molecule has 0 saturated heterocycles. The molecule has 1 amide bonds. The van der Waals surface area contributed by atoms with Crippen LogP contribution in [0.5, 0.6) is 0 Å². The Morgan fingerprint density at radius 1 is 1.46 bits per heavy atom. The van der Waals surface area contributed by atoms with Crippen LogP contribution in [0.2, 0.25) is 0 Å². The van der Waals surface area contributed by atoms with Crippen LogP contribution in [-0.2, 0) is 4.79 Å². The predicted molar refractivity (Wildman–Crippen MR) is 56.5 cm³/mol. The lowest BCUT2D eigenvalue weighted by Gasteiger charge is -2.28. The Morgan fingerprint density at radius 3 is 2.31 bits per heavy atom. The molecule has 0 heterocycles. The van der Waals surface area contributed by atoms with E-state index < -0.39 is 0 Å². The molecule has 2 heteroatoms. The van der Waals surface area contributed by atoms with Gasteiger partial charge in [-0.1, -0.05) is 33.8 Å². The second-order valence-electron chi connectivity index (χ2n) is 4.29. The highest BCUT2D eigenvalue weighted by Gasteiger charge is 2.25. The second kappa shape index (κ2) is 5.05. The van der Waals surface area contributed by atoms with Gasteiger partial charge in [-0.15, -0.1) is 6.58 Å². The van der Waals surface area contributed by atoms with Crippen molar-refractivity contribution in [3.63, 3.8) is 0 Å². The summed E-state index contributed by atoms with van der Waals surface area (Å²) in [6.07, 6.45) is 2.77. The summed E-state index contributed by atoms with van der Waals surface area (Å²) in [5.74, 6) is 0.203. The van der Waals surface area contributed by atoms with Crippen LogP contribution < -0.4 is 0 Å². The fraction of sp³-hybridized carbons (Fsp3) is 0.727. The Balaban J connectivity index is 4.36. The minimum Gasteiger partial charge on any atom is -0.339 e. The van der Waals surface area contributed by atoms with Crippen LogP contribution in [0.1, 0.15) is 34.1 Å². The molecule has 0 saturated carbocycles. The highest BCUT2D eigenvalue weighted by Crippen LogP contribution is 2.17. The van der Waals surface area contributed by atoms with Crippen molar-refractivity contribution in [3.05, 3.63) is 12.7 Å². The average Bonchev–Trinajstić information content (AvgIpc) is 2.01. The van der Waals surface area contributed by atoms with E-state index in [0.29, 0.717) is 6.54 Å². The number of amides is 1. The van der Waals surface area contributed by atoms with Crippen molar-refractivity contribution in [2.75, 3.05) is 13.1 Å². The first-order chi connectivity index (χ1) is 5.93. The molecule has 0 bridgehead atoms. The molecule has 76 valence electrons. The molecule has 0 aromatic carbocycles. The maximum Gasteiger partial charge on any atom is 0.228 e. The number of nitrogens with zero attached hydrogens (tertiary/aromatic N) is 1. The quantitative estimate of drug-likeness (QED) is 0.613. The molecule has 0 aromatic heterocycles. The molecular formula is C11H21NO. The van der Waals surface area contributed by atoms with Gasteiger partial charge in [-0.3, -0.25) is 4.79 Å². The molecule has 0 aromatic rings. The third-order valence-corrected chi connectivity index (χ3v) is 1.77. The number of carbonyl (C=O) groups is 1. The lowest BCUT2D eigenvalue weighted by molar-refractivity contribution is -0.138. The molecular weight excluding hydrogens is 162 g/mol. The summed E-state index contributed by atoms with van der Waals surface area (Å²) in [6.45, 7) is 13.0. The van der Waals surface area contributed by atoms with Crippen LogP contribution in [-0.4, -0.2) is 23.9 Å². The molecule has 0 aliphatic rings. The van der Waals surface area contributed by atoms with Gasteiger partial charge in [0.2, 0.25) is 5.91 Å². The maximum absolute atomic E-state index is 11.8. The highest BCUT2D eigenvalue weighted by molar-refractivity contribution is 5.81. The molecule has 13 heavy (non-hydrogen) atoms. The molecule has 0 unspecified atom stereocenters. The van der Waals surface area contributed by atoms with Gasteiger partial charge in [-0.25, -0.2) is 0 Å². The minimum absolute atomic E-state index is 0.203. The molecule has 0 atom stereocenters. The van der Waals surface area contributed by atoms with Crippen LogP contribution >= 0.6 is 0 Å². The molecule has 2 nitrogen and oxygen atoms in total. The summed E-state index contributed by atoms with van der Waals surface area (Å²) in [5, 5.41) is 0. The first kappa shape index (κ1) is 12.2. The third-order valence-electron chi connectivity index (χ3n) is 1.77. The van der Waals surface area contributed by atoms with Gasteiger partial charge < -0.3 is 4.90 Å². The van der Waals surface area contributed by atoms with Crippen LogP contribution in [0.4, 0.5) is 0 Å². The van der Waals surface area contributed by atoms with Gasteiger partial charge in [0.1, 0.15) is 0 Å². The average molecular weight is 183 g/mol. The summed E-state index contributed by atoms with van der Waals surface area (Å²) in [7, 11) is 0. The topological polar surface area (TPSA) is 20.3 Å². The first-order valence-electron chi connectivity index (χ1n) is 4.83. The summed E-state index contributed by atoms with van der Waals surface area (Å²) < 4.78 is 0. The monoisotopic (exact) mass is 183 g/mol. The SMILES string of the molecule is C=CCN(CCC)C(=O)C(C)(C)C. The zero-order valence-electron chi connectivity index (χ0n) is 9.26. The van der Waals surface area contributed by atoms with E-state index in [0.717, 1.165) is 13.0 Å². The van der Waals surface area contributed by atoms with Crippen molar-refractivity contribution in [3.8, 4) is 0 Å². The predicted octanol–water partition coefficient (Wildman–Crippen LogP) is 2.46. The number of carbonyl (C=O) groups excluding carboxylic acids is 1. The second-order valence-corrected chi connectivity index (χ2v) is 4.29. The Hall–Kier alpha value is -0.790. The Labute approximate surface area is 81.6 Å². The van der Waals surface area contributed by atoms with E-state index in [2.05, 4.69) is 13.5 Å². The Bertz CT molecular complexity index is 179. The van der Waals surface area contributed by atoms with Crippen molar-refractivity contribution >= 4 is 5.91 Å². The molecule has 0 aliphatic heterocycles. The van der Waals surface area contributed by atoms with Crippen LogP contribution in [0.3, 0.4) is 0 Å². The zero-order valence-corrected chi connectivity index (χ0v) is 9.26. The van der Waals surface area contributed by atoms with Gasteiger partial charge in [-0.05, 0) is 6.42 Å². The zero-order chi connectivity index (χ0) is 10.5. The summed E-state index contributed by atoms with van der Waals surface area (Å²) >= 11 is 0. The summed E-state index contributed by atoms with van der Waals surface area (Å²) in [5.41, 5.74) is -0.280. The Morgan fingerprint density at radius 2 is 2.00 bits per heavy atom. The molecule has 0 N–H and O–H groups in total. The van der Waals surface area contributed by atoms with Crippen LogP contribution in [0.25, 0.3) is 0 Å². The van der Waals surface area contributed by atoms with Gasteiger partial charge in [0.15, 0.2) is 0 Å². The maximum atomic E-state index is 11.8. The van der Waals surface area contributed by atoms with Gasteiger partial charge in [-0.2, -0.15) is 0 Å². The van der Waals surface area contributed by atoms with Crippen molar-refractivity contribution in [1.82, 2.24) is 4.90 Å². The third kappa shape index (κ3) is 4.11. The van der Waals surface area contributed by atoms with Crippen molar-refractivity contribution in [1.29, 1.82) is 0 Å². The van der Waals surface area contributed by atoms with E-state index in [-0.39, 0.29) is 11.3 Å². The van der Waals surface area contributed by atoms with Crippen LogP contribution in [0, 0.1) is 5.41 Å². The van der Waals surface area contributed by atoms with E-state index in [1.807, 2.05) is 25.7 Å². The van der Waals surface area contributed by atoms with Gasteiger partial charge in [0.05, 0.1) is 0 Å². The van der Waals surface area contributed by atoms with Gasteiger partial charge >= 0.3 is 0 Å².